The van der Waals surface area contributed by atoms with Gasteiger partial charge in [0, 0.05) is 31.6 Å². The van der Waals surface area contributed by atoms with Gasteiger partial charge in [-0.15, -0.1) is 0 Å². The van der Waals surface area contributed by atoms with Crippen LogP contribution >= 0.6 is 15.9 Å². The Labute approximate surface area is 149 Å². The summed E-state index contributed by atoms with van der Waals surface area (Å²) >= 11 is 3.20. The molecule has 0 amide bonds. The summed E-state index contributed by atoms with van der Waals surface area (Å²) in [5.74, 6) is -0.173. The molecule has 1 aromatic rings. The number of nitrogens with one attached hydrogen (secondary N) is 1. The fourth-order valence-corrected chi connectivity index (χ4v) is 2.55. The zero-order valence-corrected chi connectivity index (χ0v) is 15.7. The predicted octanol–water partition coefficient (Wildman–Crippen LogP) is 4.85. The van der Waals surface area contributed by atoms with Crippen molar-refractivity contribution in [2.45, 2.75) is 26.9 Å². The van der Waals surface area contributed by atoms with E-state index < -0.39 is 6.61 Å². The van der Waals surface area contributed by atoms with Crippen LogP contribution in [0.4, 0.5) is 8.78 Å². The van der Waals surface area contributed by atoms with Gasteiger partial charge in [-0.1, -0.05) is 13.0 Å². The maximum Gasteiger partial charge on any atom is 0.387 e. The largest absolute Gasteiger partial charge is 0.434 e. The highest BCUT2D eigenvalue weighted by molar-refractivity contribution is 9.10. The van der Waals surface area contributed by atoms with Gasteiger partial charge in [0.05, 0.1) is 10.2 Å². The van der Waals surface area contributed by atoms with Gasteiger partial charge in [0.25, 0.3) is 0 Å². The number of halogens is 3. The van der Waals surface area contributed by atoms with E-state index in [1.54, 1.807) is 30.2 Å². The van der Waals surface area contributed by atoms with Crippen LogP contribution in [0.25, 0.3) is 0 Å². The number of carbonyl (C=O) groups is 1. The number of ether oxygens (including phenoxy) is 1. The van der Waals surface area contributed by atoms with Crippen molar-refractivity contribution >= 4 is 21.7 Å². The second kappa shape index (κ2) is 9.42. The SMILES string of the molecule is CC/C(=C\N(C)C)C(=O)c1cccc(OC(F)F)c(Br)cc(C)[nH]1. The molecule has 0 aromatic carbocycles. The summed E-state index contributed by atoms with van der Waals surface area (Å²) in [4.78, 5) is 17.5. The maximum absolute atomic E-state index is 12.7. The van der Waals surface area contributed by atoms with Gasteiger partial charge in [-0.3, -0.25) is 4.79 Å². The van der Waals surface area contributed by atoms with Crippen LogP contribution in [0.2, 0.25) is 0 Å². The van der Waals surface area contributed by atoms with Crippen molar-refractivity contribution in [3.8, 4) is 5.75 Å². The molecular weight excluding hydrogens is 382 g/mol. The van der Waals surface area contributed by atoms with E-state index >= 15 is 0 Å². The van der Waals surface area contributed by atoms with Gasteiger partial charge < -0.3 is 14.6 Å². The van der Waals surface area contributed by atoms with Gasteiger partial charge in [0.15, 0.2) is 0 Å². The van der Waals surface area contributed by atoms with Crippen LogP contribution < -0.4 is 4.74 Å². The molecule has 0 unspecified atom stereocenters. The van der Waals surface area contributed by atoms with Crippen molar-refractivity contribution in [1.82, 2.24) is 9.88 Å². The van der Waals surface area contributed by atoms with Gasteiger partial charge in [0.1, 0.15) is 5.75 Å². The molecule has 0 aliphatic rings. The van der Waals surface area contributed by atoms with Crippen molar-refractivity contribution in [3.05, 3.63) is 51.9 Å². The Morgan fingerprint density at radius 3 is 2.62 bits per heavy atom. The Bertz CT molecular complexity index is 669. The summed E-state index contributed by atoms with van der Waals surface area (Å²) in [6.45, 7) is 0.697. The highest BCUT2D eigenvalue weighted by atomic mass is 79.9. The van der Waals surface area contributed by atoms with Gasteiger partial charge in [-0.25, -0.2) is 0 Å². The Balaban J connectivity index is 3.41. The van der Waals surface area contributed by atoms with Crippen LogP contribution in [0, 0.1) is 6.92 Å². The molecule has 1 aromatic heterocycles. The first-order valence-corrected chi connectivity index (χ1v) is 8.14. The fraction of sp³-hybridized carbons (Fsp3) is 0.353. The number of aryl methyl sites for hydroxylation is 1. The predicted molar refractivity (Wildman–Crippen MR) is 93.9 cm³/mol. The smallest absolute Gasteiger partial charge is 0.387 e. The molecule has 0 aliphatic carbocycles. The molecule has 0 atom stereocenters. The third-order valence-electron chi connectivity index (χ3n) is 2.97. The van der Waals surface area contributed by atoms with Crippen LogP contribution in [0.3, 0.4) is 0 Å². The second-order valence-electron chi connectivity index (χ2n) is 5.28. The van der Waals surface area contributed by atoms with E-state index in [1.165, 1.54) is 12.1 Å². The standard InChI is InChI=1S/C17H21BrF2N2O2/c1-5-12(10-22(3)4)16(23)14-7-6-8-15(24-17(19)20)13(18)9-11(2)21-14/h6-10,17,21H,5H2,1-4H3/b8-6?,11-9?,12-10+,14-7?,15-13?. The van der Waals surface area contributed by atoms with Crippen LogP contribution in [0.5, 0.6) is 5.75 Å². The van der Waals surface area contributed by atoms with Crippen molar-refractivity contribution in [2.75, 3.05) is 14.1 Å². The van der Waals surface area contributed by atoms with Crippen LogP contribution in [-0.4, -0.2) is 36.4 Å². The van der Waals surface area contributed by atoms with E-state index in [-0.39, 0.29) is 11.5 Å². The monoisotopic (exact) mass is 402 g/mol. The van der Waals surface area contributed by atoms with E-state index in [4.69, 9.17) is 0 Å². The number of alkyl halides is 2. The van der Waals surface area contributed by atoms with E-state index in [2.05, 4.69) is 25.7 Å². The summed E-state index contributed by atoms with van der Waals surface area (Å²) in [7, 11) is 3.68. The fourth-order valence-electron chi connectivity index (χ4n) is 1.98. The van der Waals surface area contributed by atoms with Gasteiger partial charge in [-0.05, 0) is 47.5 Å². The highest BCUT2D eigenvalue weighted by Gasteiger charge is 2.12. The Kier molecular flexibility index (Phi) is 7.91. The highest BCUT2D eigenvalue weighted by Crippen LogP contribution is 2.25. The molecule has 1 rings (SSSR count). The van der Waals surface area contributed by atoms with E-state index in [0.29, 0.717) is 27.9 Å². The quantitative estimate of drug-likeness (QED) is 0.546. The van der Waals surface area contributed by atoms with E-state index in [0.717, 1.165) is 0 Å². The lowest BCUT2D eigenvalue weighted by molar-refractivity contribution is -0.0503. The van der Waals surface area contributed by atoms with Crippen molar-refractivity contribution in [2.24, 2.45) is 0 Å². The number of H-pyrrole nitrogens is 1. The molecule has 1 N–H and O–H groups in total. The number of allylic oxidation sites excluding steroid dienone is 1. The first-order valence-electron chi connectivity index (χ1n) is 7.34. The lowest BCUT2D eigenvalue weighted by Crippen LogP contribution is -2.10. The van der Waals surface area contributed by atoms with E-state index in [9.17, 15) is 13.6 Å². The van der Waals surface area contributed by atoms with Gasteiger partial charge in [-0.2, -0.15) is 8.78 Å². The number of ketones is 1. The second-order valence-corrected chi connectivity index (χ2v) is 6.14. The molecule has 0 aliphatic heterocycles. The number of aromatic nitrogens is 1. The minimum atomic E-state index is -2.93. The third kappa shape index (κ3) is 6.31. The number of rotatable bonds is 6. The Morgan fingerprint density at radius 1 is 1.42 bits per heavy atom. The molecule has 0 saturated heterocycles. The first-order chi connectivity index (χ1) is 11.2. The zero-order valence-electron chi connectivity index (χ0n) is 14.1. The molecule has 1 heterocycles. The van der Waals surface area contributed by atoms with Crippen LogP contribution in [0.15, 0.2) is 40.5 Å². The van der Waals surface area contributed by atoms with E-state index in [1.807, 2.05) is 21.0 Å². The molecular formula is C17H21BrF2N2O2. The molecule has 0 bridgehead atoms. The molecule has 0 spiro atoms. The molecule has 0 saturated carbocycles. The average Bonchev–Trinajstić information content (AvgIpc) is 2.54. The number of nitrogens with zero attached hydrogens (tertiary/aromatic N) is 1. The zero-order chi connectivity index (χ0) is 18.3. The minimum absolute atomic E-state index is 0.0179. The third-order valence-corrected chi connectivity index (χ3v) is 3.59. The number of aromatic amines is 1. The first kappa shape index (κ1) is 20.2. The number of hydrogen-bond donors (Lipinski definition) is 1. The molecule has 4 nitrogen and oxygen atoms in total. The molecule has 24 heavy (non-hydrogen) atoms. The lowest BCUT2D eigenvalue weighted by atomic mass is 10.1. The van der Waals surface area contributed by atoms with Gasteiger partial charge >= 0.3 is 6.61 Å². The Morgan fingerprint density at radius 2 is 2.08 bits per heavy atom. The van der Waals surface area contributed by atoms with Crippen molar-refractivity contribution in [3.63, 3.8) is 0 Å². The molecule has 132 valence electrons. The number of hydrogen-bond acceptors (Lipinski definition) is 3. The number of Topliss-reactive ketones (excluding diaryl/α,β-unsaturated/α-hetero) is 1. The van der Waals surface area contributed by atoms with Gasteiger partial charge in [0.2, 0.25) is 5.78 Å². The van der Waals surface area contributed by atoms with Crippen LogP contribution in [-0.2, 0) is 0 Å². The minimum Gasteiger partial charge on any atom is -0.434 e. The summed E-state index contributed by atoms with van der Waals surface area (Å²) in [5, 5.41) is 0. The lowest BCUT2D eigenvalue weighted by Gasteiger charge is -2.09. The van der Waals surface area contributed by atoms with Crippen molar-refractivity contribution < 1.29 is 18.3 Å². The topological polar surface area (TPSA) is 45.3 Å². The molecule has 0 fully saturated rings. The maximum atomic E-state index is 12.7. The summed E-state index contributed by atoms with van der Waals surface area (Å²) in [6, 6.07) is 5.99. The number of carbonyl (C=O) groups excluding carboxylic acids is 1. The Hall–Kier alpha value is -1.89. The average molecular weight is 403 g/mol. The van der Waals surface area contributed by atoms with Crippen molar-refractivity contribution in [1.29, 1.82) is 0 Å². The summed E-state index contributed by atoms with van der Waals surface area (Å²) < 4.78 is 29.8. The molecule has 7 heteroatoms. The molecule has 0 radical (unpaired) electrons. The normalized spacial score (nSPS) is 11.2. The summed E-state index contributed by atoms with van der Waals surface area (Å²) in [5.41, 5.74) is 1.60. The summed E-state index contributed by atoms with van der Waals surface area (Å²) in [6.07, 6.45) is 2.34. The van der Waals surface area contributed by atoms with Crippen LogP contribution in [0.1, 0.15) is 29.5 Å².